The number of hydrogen-bond acceptors (Lipinski definition) is 3. The van der Waals surface area contributed by atoms with Gasteiger partial charge in [0.15, 0.2) is 5.75 Å². The Labute approximate surface area is 77.7 Å². The monoisotopic (exact) mass is 179 g/mol. The first-order valence-corrected chi connectivity index (χ1v) is 4.48. The topological polar surface area (TPSA) is 31.4 Å². The van der Waals surface area contributed by atoms with Crippen LogP contribution in [0.3, 0.4) is 0 Å². The molecule has 0 bridgehead atoms. The fourth-order valence-corrected chi connectivity index (χ4v) is 1.12. The third kappa shape index (κ3) is 1.91. The van der Waals surface area contributed by atoms with Crippen LogP contribution in [0.4, 0.5) is 0 Å². The van der Waals surface area contributed by atoms with E-state index in [1.165, 1.54) is 0 Å². The standard InChI is InChI=1S/C10H13NO2/c1-7-3-6-9(10(11-7)12-2)13-8-4-5-8/h3,6,8H,4-5H2,1-2H3. The molecular weight excluding hydrogens is 166 g/mol. The van der Waals surface area contributed by atoms with Crippen LogP contribution in [0.5, 0.6) is 11.6 Å². The van der Waals surface area contributed by atoms with Crippen molar-refractivity contribution >= 4 is 0 Å². The van der Waals surface area contributed by atoms with E-state index in [2.05, 4.69) is 4.98 Å². The van der Waals surface area contributed by atoms with E-state index in [0.717, 1.165) is 24.3 Å². The highest BCUT2D eigenvalue weighted by molar-refractivity contribution is 5.35. The summed E-state index contributed by atoms with van der Waals surface area (Å²) in [6, 6.07) is 3.85. The Morgan fingerprint density at radius 3 is 2.77 bits per heavy atom. The Kier molecular flexibility index (Phi) is 2.08. The molecule has 70 valence electrons. The lowest BCUT2D eigenvalue weighted by molar-refractivity contribution is 0.276. The van der Waals surface area contributed by atoms with E-state index in [0.29, 0.717) is 12.0 Å². The minimum atomic E-state index is 0.387. The van der Waals surface area contributed by atoms with Crippen molar-refractivity contribution in [1.29, 1.82) is 0 Å². The van der Waals surface area contributed by atoms with E-state index in [4.69, 9.17) is 9.47 Å². The van der Waals surface area contributed by atoms with Crippen LogP contribution in [0, 0.1) is 6.92 Å². The third-order valence-electron chi connectivity index (χ3n) is 1.98. The molecule has 1 heterocycles. The number of aryl methyl sites for hydroxylation is 1. The van der Waals surface area contributed by atoms with E-state index in [1.807, 2.05) is 19.1 Å². The molecule has 3 nitrogen and oxygen atoms in total. The van der Waals surface area contributed by atoms with Crippen molar-refractivity contribution in [2.75, 3.05) is 7.11 Å². The number of nitrogens with zero attached hydrogens (tertiary/aromatic N) is 1. The van der Waals surface area contributed by atoms with Crippen molar-refractivity contribution in [2.45, 2.75) is 25.9 Å². The SMILES string of the molecule is COc1nc(C)ccc1OC1CC1. The summed E-state index contributed by atoms with van der Waals surface area (Å²) in [5.41, 5.74) is 0.944. The molecule has 0 amide bonds. The second-order valence-corrected chi connectivity index (χ2v) is 3.28. The molecule has 1 aliphatic rings. The molecule has 1 aliphatic carbocycles. The van der Waals surface area contributed by atoms with Gasteiger partial charge in [-0.1, -0.05) is 0 Å². The Morgan fingerprint density at radius 1 is 1.38 bits per heavy atom. The highest BCUT2D eigenvalue weighted by Gasteiger charge is 2.25. The molecule has 0 aliphatic heterocycles. The van der Waals surface area contributed by atoms with Crippen LogP contribution in [-0.2, 0) is 0 Å². The average Bonchev–Trinajstić information content (AvgIpc) is 2.92. The van der Waals surface area contributed by atoms with Crippen molar-refractivity contribution in [1.82, 2.24) is 4.98 Å². The van der Waals surface area contributed by atoms with Gasteiger partial charge in [-0.15, -0.1) is 0 Å². The third-order valence-corrected chi connectivity index (χ3v) is 1.98. The average molecular weight is 179 g/mol. The first-order chi connectivity index (χ1) is 6.29. The lowest BCUT2D eigenvalue weighted by Crippen LogP contribution is -2.00. The number of hydrogen-bond donors (Lipinski definition) is 0. The van der Waals surface area contributed by atoms with Crippen LogP contribution in [0.15, 0.2) is 12.1 Å². The number of methoxy groups -OCH3 is 1. The van der Waals surface area contributed by atoms with Gasteiger partial charge in [-0.2, -0.15) is 0 Å². The van der Waals surface area contributed by atoms with E-state index in [9.17, 15) is 0 Å². The lowest BCUT2D eigenvalue weighted by atomic mass is 10.3. The van der Waals surface area contributed by atoms with Gasteiger partial charge >= 0.3 is 0 Å². The molecule has 0 N–H and O–H groups in total. The van der Waals surface area contributed by atoms with Crippen molar-refractivity contribution in [3.05, 3.63) is 17.8 Å². The van der Waals surface area contributed by atoms with E-state index in [-0.39, 0.29) is 0 Å². The molecule has 1 aromatic rings. The van der Waals surface area contributed by atoms with Gasteiger partial charge in [0.25, 0.3) is 5.88 Å². The number of aromatic nitrogens is 1. The van der Waals surface area contributed by atoms with Gasteiger partial charge in [-0.25, -0.2) is 4.98 Å². The van der Waals surface area contributed by atoms with E-state index < -0.39 is 0 Å². The largest absolute Gasteiger partial charge is 0.485 e. The predicted molar refractivity (Wildman–Crippen MR) is 49.2 cm³/mol. The minimum absolute atomic E-state index is 0.387. The van der Waals surface area contributed by atoms with Gasteiger partial charge in [-0.3, -0.25) is 0 Å². The van der Waals surface area contributed by atoms with E-state index >= 15 is 0 Å². The Hall–Kier alpha value is -1.25. The van der Waals surface area contributed by atoms with Crippen LogP contribution < -0.4 is 9.47 Å². The van der Waals surface area contributed by atoms with Gasteiger partial charge in [-0.05, 0) is 31.9 Å². The molecule has 0 aromatic carbocycles. The Morgan fingerprint density at radius 2 is 2.15 bits per heavy atom. The van der Waals surface area contributed by atoms with Crippen LogP contribution in [0.25, 0.3) is 0 Å². The van der Waals surface area contributed by atoms with Crippen molar-refractivity contribution in [3.63, 3.8) is 0 Å². The maximum absolute atomic E-state index is 5.61. The van der Waals surface area contributed by atoms with Gasteiger partial charge in [0.05, 0.1) is 13.2 Å². The number of rotatable bonds is 3. The summed E-state index contributed by atoms with van der Waals surface area (Å²) in [6.45, 7) is 1.93. The highest BCUT2D eigenvalue weighted by Crippen LogP contribution is 2.31. The summed E-state index contributed by atoms with van der Waals surface area (Å²) in [7, 11) is 1.61. The van der Waals surface area contributed by atoms with Crippen LogP contribution in [0.1, 0.15) is 18.5 Å². The zero-order valence-corrected chi connectivity index (χ0v) is 7.91. The van der Waals surface area contributed by atoms with Gasteiger partial charge < -0.3 is 9.47 Å². The molecule has 0 unspecified atom stereocenters. The number of pyridine rings is 1. The van der Waals surface area contributed by atoms with Crippen LogP contribution in [0.2, 0.25) is 0 Å². The summed E-state index contributed by atoms with van der Waals surface area (Å²) in [6.07, 6.45) is 2.69. The summed E-state index contributed by atoms with van der Waals surface area (Å²) in [5, 5.41) is 0. The van der Waals surface area contributed by atoms with Gasteiger partial charge in [0, 0.05) is 5.69 Å². The molecule has 0 atom stereocenters. The Bertz CT molecular complexity index is 308. The zero-order valence-electron chi connectivity index (χ0n) is 7.91. The number of ether oxygens (including phenoxy) is 2. The lowest BCUT2D eigenvalue weighted by Gasteiger charge is -2.08. The zero-order chi connectivity index (χ0) is 9.26. The van der Waals surface area contributed by atoms with E-state index in [1.54, 1.807) is 7.11 Å². The maximum Gasteiger partial charge on any atom is 0.256 e. The molecule has 0 spiro atoms. The minimum Gasteiger partial charge on any atom is -0.485 e. The summed E-state index contributed by atoms with van der Waals surface area (Å²) >= 11 is 0. The second kappa shape index (κ2) is 3.24. The predicted octanol–water partition coefficient (Wildman–Crippen LogP) is 1.94. The summed E-state index contributed by atoms with van der Waals surface area (Å²) in [5.74, 6) is 1.35. The summed E-state index contributed by atoms with van der Waals surface area (Å²) < 4.78 is 10.7. The fourth-order valence-electron chi connectivity index (χ4n) is 1.12. The van der Waals surface area contributed by atoms with Gasteiger partial charge in [0.2, 0.25) is 0 Å². The first kappa shape index (κ1) is 8.35. The maximum atomic E-state index is 5.61. The van der Waals surface area contributed by atoms with Crippen LogP contribution >= 0.6 is 0 Å². The fraction of sp³-hybridized carbons (Fsp3) is 0.500. The molecule has 1 aromatic heterocycles. The van der Waals surface area contributed by atoms with Gasteiger partial charge in [0.1, 0.15) is 0 Å². The molecule has 3 heteroatoms. The molecular formula is C10H13NO2. The molecule has 1 fully saturated rings. The highest BCUT2D eigenvalue weighted by atomic mass is 16.5. The Balaban J connectivity index is 2.21. The van der Waals surface area contributed by atoms with Crippen LogP contribution in [-0.4, -0.2) is 18.2 Å². The molecule has 0 radical (unpaired) electrons. The summed E-state index contributed by atoms with van der Waals surface area (Å²) in [4.78, 5) is 4.23. The van der Waals surface area contributed by atoms with Crippen molar-refractivity contribution in [2.24, 2.45) is 0 Å². The first-order valence-electron chi connectivity index (χ1n) is 4.48. The molecule has 13 heavy (non-hydrogen) atoms. The molecule has 2 rings (SSSR count). The van der Waals surface area contributed by atoms with Crippen molar-refractivity contribution < 1.29 is 9.47 Å². The molecule has 0 saturated heterocycles. The smallest absolute Gasteiger partial charge is 0.256 e. The van der Waals surface area contributed by atoms with Crippen molar-refractivity contribution in [3.8, 4) is 11.6 Å². The normalized spacial score (nSPS) is 15.5. The quantitative estimate of drug-likeness (QED) is 0.710. The second-order valence-electron chi connectivity index (χ2n) is 3.28. The molecule has 1 saturated carbocycles.